The molecule has 0 aromatic heterocycles. The molecule has 0 aliphatic carbocycles. The van der Waals surface area contributed by atoms with E-state index in [-0.39, 0.29) is 26.4 Å². The van der Waals surface area contributed by atoms with Gasteiger partial charge in [-0.05, 0) is 6.42 Å². The van der Waals surface area contributed by atoms with E-state index in [4.69, 9.17) is 19.7 Å². The van der Waals surface area contributed by atoms with Crippen LogP contribution in [-0.2, 0) is 9.47 Å². The lowest BCUT2D eigenvalue weighted by molar-refractivity contribution is -0.0481. The number of aliphatic hydroxyl groups is 3. The molecular formula is C13H28O5. The van der Waals surface area contributed by atoms with Crippen molar-refractivity contribution >= 4 is 0 Å². The standard InChI is InChI=1S/C13H28O5/c1-2-3-4-5-6-7-17-10-13(16)11-18-9-12(15)8-14/h12-16H,2-11H2,1H3. The van der Waals surface area contributed by atoms with Crippen LogP contribution in [0.25, 0.3) is 0 Å². The van der Waals surface area contributed by atoms with Crippen LogP contribution in [0.1, 0.15) is 39.0 Å². The van der Waals surface area contributed by atoms with Crippen molar-refractivity contribution in [3.05, 3.63) is 0 Å². The van der Waals surface area contributed by atoms with Gasteiger partial charge in [0.1, 0.15) is 12.2 Å². The monoisotopic (exact) mass is 264 g/mol. The molecule has 2 unspecified atom stereocenters. The van der Waals surface area contributed by atoms with Crippen LogP contribution in [0.3, 0.4) is 0 Å². The molecule has 0 spiro atoms. The Labute approximate surface area is 110 Å². The third-order valence-electron chi connectivity index (χ3n) is 2.53. The van der Waals surface area contributed by atoms with E-state index in [1.807, 2.05) is 0 Å². The van der Waals surface area contributed by atoms with E-state index in [2.05, 4.69) is 6.92 Å². The van der Waals surface area contributed by atoms with Gasteiger partial charge in [-0.15, -0.1) is 0 Å². The molecule has 3 N–H and O–H groups in total. The highest BCUT2D eigenvalue weighted by molar-refractivity contribution is 4.54. The topological polar surface area (TPSA) is 79.2 Å². The first-order valence-corrected chi connectivity index (χ1v) is 6.83. The fourth-order valence-electron chi connectivity index (χ4n) is 1.47. The molecule has 0 aliphatic heterocycles. The Morgan fingerprint density at radius 1 is 0.833 bits per heavy atom. The Kier molecular flexibility index (Phi) is 13.1. The van der Waals surface area contributed by atoms with Crippen LogP contribution in [-0.4, -0.2) is 60.6 Å². The Bertz CT molecular complexity index is 165. The largest absolute Gasteiger partial charge is 0.394 e. The van der Waals surface area contributed by atoms with Gasteiger partial charge in [0.15, 0.2) is 0 Å². The summed E-state index contributed by atoms with van der Waals surface area (Å²) in [5.74, 6) is 0. The van der Waals surface area contributed by atoms with Crippen LogP contribution in [0.2, 0.25) is 0 Å². The van der Waals surface area contributed by atoms with Crippen LogP contribution in [0.4, 0.5) is 0 Å². The molecule has 5 heteroatoms. The number of ether oxygens (including phenoxy) is 2. The van der Waals surface area contributed by atoms with Crippen molar-refractivity contribution in [3.8, 4) is 0 Å². The first-order valence-electron chi connectivity index (χ1n) is 6.83. The van der Waals surface area contributed by atoms with Gasteiger partial charge in [-0.2, -0.15) is 0 Å². The van der Waals surface area contributed by atoms with Gasteiger partial charge in [0.05, 0.1) is 26.4 Å². The Morgan fingerprint density at radius 2 is 1.44 bits per heavy atom. The quantitative estimate of drug-likeness (QED) is 0.427. The van der Waals surface area contributed by atoms with E-state index in [1.54, 1.807) is 0 Å². The smallest absolute Gasteiger partial charge is 0.101 e. The summed E-state index contributed by atoms with van der Waals surface area (Å²) >= 11 is 0. The number of hydrogen-bond acceptors (Lipinski definition) is 5. The predicted octanol–water partition coefficient (Wildman–Crippen LogP) is 0.704. The van der Waals surface area contributed by atoms with Gasteiger partial charge in [-0.25, -0.2) is 0 Å². The Morgan fingerprint density at radius 3 is 2.11 bits per heavy atom. The molecule has 0 rings (SSSR count). The number of unbranched alkanes of at least 4 members (excludes halogenated alkanes) is 4. The van der Waals surface area contributed by atoms with Crippen molar-refractivity contribution in [3.63, 3.8) is 0 Å². The van der Waals surface area contributed by atoms with Crippen molar-refractivity contribution in [1.29, 1.82) is 0 Å². The van der Waals surface area contributed by atoms with Gasteiger partial charge in [-0.3, -0.25) is 0 Å². The first-order chi connectivity index (χ1) is 8.70. The van der Waals surface area contributed by atoms with Crippen LogP contribution >= 0.6 is 0 Å². The van der Waals surface area contributed by atoms with Crippen LogP contribution in [0, 0.1) is 0 Å². The van der Waals surface area contributed by atoms with Crippen molar-refractivity contribution in [2.24, 2.45) is 0 Å². The lowest BCUT2D eigenvalue weighted by Crippen LogP contribution is -2.26. The van der Waals surface area contributed by atoms with E-state index in [0.717, 1.165) is 6.42 Å². The van der Waals surface area contributed by atoms with Gasteiger partial charge < -0.3 is 24.8 Å². The van der Waals surface area contributed by atoms with E-state index in [1.165, 1.54) is 25.7 Å². The molecule has 0 radical (unpaired) electrons. The maximum atomic E-state index is 9.48. The molecule has 0 heterocycles. The lowest BCUT2D eigenvalue weighted by Gasteiger charge is -2.13. The molecule has 0 amide bonds. The van der Waals surface area contributed by atoms with Crippen LogP contribution in [0.15, 0.2) is 0 Å². The highest BCUT2D eigenvalue weighted by Crippen LogP contribution is 2.02. The summed E-state index contributed by atoms with van der Waals surface area (Å²) in [6.07, 6.45) is 4.38. The molecule has 110 valence electrons. The van der Waals surface area contributed by atoms with Crippen molar-refractivity contribution in [2.75, 3.05) is 33.0 Å². The second-order valence-corrected chi connectivity index (χ2v) is 4.52. The summed E-state index contributed by atoms with van der Waals surface area (Å²) in [4.78, 5) is 0. The maximum Gasteiger partial charge on any atom is 0.101 e. The Balaban J connectivity index is 3.19. The zero-order valence-electron chi connectivity index (χ0n) is 11.4. The summed E-state index contributed by atoms with van der Waals surface area (Å²) in [6, 6.07) is 0. The SMILES string of the molecule is CCCCCCCOCC(O)COCC(O)CO. The first kappa shape index (κ1) is 17.8. The molecule has 0 saturated heterocycles. The minimum Gasteiger partial charge on any atom is -0.394 e. The molecule has 0 aromatic carbocycles. The molecule has 2 atom stereocenters. The van der Waals surface area contributed by atoms with Gasteiger partial charge in [0.2, 0.25) is 0 Å². The predicted molar refractivity (Wildman–Crippen MR) is 69.5 cm³/mol. The summed E-state index contributed by atoms with van der Waals surface area (Å²) in [7, 11) is 0. The van der Waals surface area contributed by atoms with Gasteiger partial charge >= 0.3 is 0 Å². The zero-order chi connectivity index (χ0) is 13.6. The van der Waals surface area contributed by atoms with E-state index in [9.17, 15) is 5.11 Å². The van der Waals surface area contributed by atoms with Gasteiger partial charge in [0.25, 0.3) is 0 Å². The third kappa shape index (κ3) is 12.3. The average Bonchev–Trinajstić information content (AvgIpc) is 2.37. The van der Waals surface area contributed by atoms with Gasteiger partial charge in [0, 0.05) is 6.61 Å². The third-order valence-corrected chi connectivity index (χ3v) is 2.53. The van der Waals surface area contributed by atoms with E-state index >= 15 is 0 Å². The Hall–Kier alpha value is -0.200. The summed E-state index contributed by atoms with van der Waals surface area (Å²) in [6.45, 7) is 2.92. The van der Waals surface area contributed by atoms with E-state index < -0.39 is 12.2 Å². The molecule has 0 saturated carbocycles. The molecule has 0 bridgehead atoms. The van der Waals surface area contributed by atoms with Crippen LogP contribution < -0.4 is 0 Å². The minimum absolute atomic E-state index is 0.0323. The van der Waals surface area contributed by atoms with Crippen LogP contribution in [0.5, 0.6) is 0 Å². The second-order valence-electron chi connectivity index (χ2n) is 4.52. The summed E-state index contributed by atoms with van der Waals surface area (Å²) in [5.41, 5.74) is 0. The molecule has 0 fully saturated rings. The maximum absolute atomic E-state index is 9.48. The molecule has 0 aromatic rings. The molecule has 0 aliphatic rings. The minimum atomic E-state index is -0.878. The molecule has 5 nitrogen and oxygen atoms in total. The van der Waals surface area contributed by atoms with Crippen molar-refractivity contribution < 1.29 is 24.8 Å². The van der Waals surface area contributed by atoms with E-state index in [0.29, 0.717) is 6.61 Å². The fourth-order valence-corrected chi connectivity index (χ4v) is 1.47. The zero-order valence-corrected chi connectivity index (χ0v) is 11.4. The van der Waals surface area contributed by atoms with Crippen molar-refractivity contribution in [1.82, 2.24) is 0 Å². The average molecular weight is 264 g/mol. The lowest BCUT2D eigenvalue weighted by atomic mass is 10.2. The fraction of sp³-hybridized carbons (Fsp3) is 1.00. The number of hydrogen-bond donors (Lipinski definition) is 3. The summed E-state index contributed by atoms with van der Waals surface area (Å²) in [5, 5.41) is 27.0. The number of aliphatic hydroxyl groups excluding tert-OH is 3. The highest BCUT2D eigenvalue weighted by atomic mass is 16.5. The molecule has 18 heavy (non-hydrogen) atoms. The molecular weight excluding hydrogens is 236 g/mol. The van der Waals surface area contributed by atoms with Gasteiger partial charge in [-0.1, -0.05) is 32.6 Å². The normalized spacial score (nSPS) is 14.7. The highest BCUT2D eigenvalue weighted by Gasteiger charge is 2.07. The summed E-state index contributed by atoms with van der Waals surface area (Å²) < 4.78 is 10.3. The van der Waals surface area contributed by atoms with Crippen molar-refractivity contribution in [2.45, 2.75) is 51.2 Å². The number of rotatable bonds is 13. The second kappa shape index (κ2) is 13.2.